The lowest BCUT2D eigenvalue weighted by atomic mass is 10.1. The molecule has 1 atom stereocenters. The summed E-state index contributed by atoms with van der Waals surface area (Å²) in [5.74, 6) is 0.744. The van der Waals surface area contributed by atoms with Crippen molar-refractivity contribution in [2.75, 3.05) is 24.4 Å². The van der Waals surface area contributed by atoms with Gasteiger partial charge in [0.25, 0.3) is 0 Å². The zero-order valence-electron chi connectivity index (χ0n) is 18.2. The molecule has 0 aliphatic heterocycles. The number of aromatic nitrogens is 2. The third-order valence-electron chi connectivity index (χ3n) is 5.88. The number of aromatic amines is 1. The van der Waals surface area contributed by atoms with Crippen LogP contribution in [-0.4, -0.2) is 48.7 Å². The zero-order valence-corrected chi connectivity index (χ0v) is 19.0. The fraction of sp³-hybridized carbons (Fsp3) is 0.435. The number of anilines is 1. The van der Waals surface area contributed by atoms with Gasteiger partial charge in [-0.3, -0.25) is 9.82 Å². The van der Waals surface area contributed by atoms with Crippen LogP contribution in [0.4, 0.5) is 5.69 Å². The molecule has 1 aromatic heterocycles. The van der Waals surface area contributed by atoms with Gasteiger partial charge in [0, 0.05) is 35.9 Å². The van der Waals surface area contributed by atoms with Gasteiger partial charge in [0.15, 0.2) is 0 Å². The number of nitrogens with zero attached hydrogens (tertiary/aromatic N) is 1. The highest BCUT2D eigenvalue weighted by Gasteiger charge is 2.28. The number of benzene rings is 2. The van der Waals surface area contributed by atoms with Crippen LogP contribution in [0.2, 0.25) is 0 Å². The van der Waals surface area contributed by atoms with E-state index in [1.54, 1.807) is 24.3 Å². The molecule has 8 nitrogen and oxygen atoms in total. The van der Waals surface area contributed by atoms with Gasteiger partial charge in [0.05, 0.1) is 16.9 Å². The highest BCUT2D eigenvalue weighted by molar-refractivity contribution is 7.93. The minimum absolute atomic E-state index is 0.324. The smallest absolute Gasteiger partial charge is 0.235 e. The van der Waals surface area contributed by atoms with Crippen molar-refractivity contribution in [1.82, 2.24) is 15.5 Å². The van der Waals surface area contributed by atoms with Crippen LogP contribution >= 0.6 is 0 Å². The van der Waals surface area contributed by atoms with Gasteiger partial charge in [-0.2, -0.15) is 5.10 Å². The molecule has 1 fully saturated rings. The van der Waals surface area contributed by atoms with Crippen LogP contribution in [0.3, 0.4) is 0 Å². The SMILES string of the molecule is Cc1[nH]nc2cc(OCCNC[C@H](O)c3cccc(NS(=O)(=O)C4CCCC4)c3)ccc12. The van der Waals surface area contributed by atoms with Crippen LogP contribution in [0, 0.1) is 6.92 Å². The first-order valence-corrected chi connectivity index (χ1v) is 12.5. The van der Waals surface area contributed by atoms with Crippen LogP contribution in [0.1, 0.15) is 43.0 Å². The Morgan fingerprint density at radius 2 is 2.03 bits per heavy atom. The topological polar surface area (TPSA) is 116 Å². The lowest BCUT2D eigenvalue weighted by Gasteiger charge is -2.16. The Morgan fingerprint density at radius 1 is 1.22 bits per heavy atom. The molecule has 4 N–H and O–H groups in total. The zero-order chi connectivity index (χ0) is 22.6. The summed E-state index contributed by atoms with van der Waals surface area (Å²) in [4.78, 5) is 0. The van der Waals surface area contributed by atoms with Gasteiger partial charge in [-0.1, -0.05) is 25.0 Å². The largest absolute Gasteiger partial charge is 0.492 e. The van der Waals surface area contributed by atoms with Crippen molar-refractivity contribution in [2.45, 2.75) is 44.0 Å². The summed E-state index contributed by atoms with van der Waals surface area (Å²) < 4.78 is 33.5. The molecule has 1 heterocycles. The minimum atomic E-state index is -3.39. The molecule has 172 valence electrons. The average molecular weight is 459 g/mol. The summed E-state index contributed by atoms with van der Waals surface area (Å²) >= 11 is 0. The third kappa shape index (κ3) is 5.40. The maximum absolute atomic E-state index is 12.5. The van der Waals surface area contributed by atoms with E-state index in [2.05, 4.69) is 20.2 Å². The number of hydrogen-bond donors (Lipinski definition) is 4. The predicted molar refractivity (Wildman–Crippen MR) is 125 cm³/mol. The summed E-state index contributed by atoms with van der Waals surface area (Å²) in [7, 11) is -3.39. The van der Waals surface area contributed by atoms with Gasteiger partial charge in [-0.05, 0) is 49.6 Å². The molecular formula is C23H30N4O4S. The first-order valence-electron chi connectivity index (χ1n) is 11.0. The fourth-order valence-electron chi connectivity index (χ4n) is 4.07. The molecule has 4 rings (SSSR count). The van der Waals surface area contributed by atoms with E-state index in [1.165, 1.54) is 0 Å². The second-order valence-corrected chi connectivity index (χ2v) is 10.2. The van der Waals surface area contributed by atoms with E-state index in [9.17, 15) is 13.5 Å². The van der Waals surface area contributed by atoms with E-state index < -0.39 is 16.1 Å². The molecule has 1 aliphatic carbocycles. The number of H-pyrrole nitrogens is 1. The number of aryl methyl sites for hydroxylation is 1. The first kappa shape index (κ1) is 22.6. The quantitative estimate of drug-likeness (QED) is 0.347. The van der Waals surface area contributed by atoms with Crippen LogP contribution < -0.4 is 14.8 Å². The summed E-state index contributed by atoms with van der Waals surface area (Å²) in [6.07, 6.45) is 2.57. The van der Waals surface area contributed by atoms with E-state index in [-0.39, 0.29) is 5.25 Å². The second kappa shape index (κ2) is 9.89. The summed E-state index contributed by atoms with van der Waals surface area (Å²) in [6.45, 7) is 3.32. The Kier molecular flexibility index (Phi) is 6.98. The van der Waals surface area contributed by atoms with Gasteiger partial charge in [-0.15, -0.1) is 0 Å². The monoisotopic (exact) mass is 458 g/mol. The number of aliphatic hydroxyl groups excluding tert-OH is 1. The van der Waals surface area contributed by atoms with E-state index in [4.69, 9.17) is 4.74 Å². The number of fused-ring (bicyclic) bond motifs is 1. The molecule has 32 heavy (non-hydrogen) atoms. The molecule has 0 spiro atoms. The number of sulfonamides is 1. The number of nitrogens with one attached hydrogen (secondary N) is 3. The maximum Gasteiger partial charge on any atom is 0.235 e. The Hall–Kier alpha value is -2.62. The Morgan fingerprint density at radius 3 is 2.84 bits per heavy atom. The Balaban J connectivity index is 1.24. The molecule has 9 heteroatoms. The molecule has 0 amide bonds. The second-order valence-electron chi connectivity index (χ2n) is 8.27. The van der Waals surface area contributed by atoms with Crippen molar-refractivity contribution in [3.63, 3.8) is 0 Å². The lowest BCUT2D eigenvalue weighted by Crippen LogP contribution is -2.27. The van der Waals surface area contributed by atoms with Gasteiger partial charge >= 0.3 is 0 Å². The number of ether oxygens (including phenoxy) is 1. The lowest BCUT2D eigenvalue weighted by molar-refractivity contribution is 0.172. The molecule has 0 saturated heterocycles. The number of rotatable bonds is 10. The highest BCUT2D eigenvalue weighted by Crippen LogP contribution is 2.27. The van der Waals surface area contributed by atoms with Crippen molar-refractivity contribution < 1.29 is 18.3 Å². The molecule has 2 aromatic carbocycles. The van der Waals surface area contributed by atoms with Crippen LogP contribution in [0.15, 0.2) is 42.5 Å². The molecule has 1 aliphatic rings. The van der Waals surface area contributed by atoms with E-state index in [1.807, 2.05) is 25.1 Å². The minimum Gasteiger partial charge on any atom is -0.492 e. The Bertz CT molecular complexity index is 1160. The van der Waals surface area contributed by atoms with Crippen molar-refractivity contribution in [3.05, 3.63) is 53.7 Å². The number of hydrogen-bond acceptors (Lipinski definition) is 6. The fourth-order valence-corrected chi connectivity index (χ4v) is 5.64. The summed E-state index contributed by atoms with van der Waals surface area (Å²) in [5.41, 5.74) is 3.04. The van der Waals surface area contributed by atoms with Crippen molar-refractivity contribution in [1.29, 1.82) is 0 Å². The van der Waals surface area contributed by atoms with Gasteiger partial charge in [0.1, 0.15) is 12.4 Å². The van der Waals surface area contributed by atoms with Crippen LogP contribution in [0.25, 0.3) is 10.9 Å². The normalized spacial score (nSPS) is 15.8. The van der Waals surface area contributed by atoms with Crippen LogP contribution in [-0.2, 0) is 10.0 Å². The molecule has 3 aromatic rings. The highest BCUT2D eigenvalue weighted by atomic mass is 32.2. The van der Waals surface area contributed by atoms with Crippen molar-refractivity contribution in [3.8, 4) is 5.75 Å². The van der Waals surface area contributed by atoms with Crippen molar-refractivity contribution >= 4 is 26.6 Å². The molecule has 0 radical (unpaired) electrons. The predicted octanol–water partition coefficient (Wildman–Crippen LogP) is 3.26. The summed E-state index contributed by atoms with van der Waals surface area (Å²) in [6, 6.07) is 12.7. The van der Waals surface area contributed by atoms with E-state index in [0.29, 0.717) is 43.8 Å². The van der Waals surface area contributed by atoms with E-state index >= 15 is 0 Å². The van der Waals surface area contributed by atoms with Gasteiger partial charge < -0.3 is 15.2 Å². The number of aliphatic hydroxyl groups is 1. The van der Waals surface area contributed by atoms with Gasteiger partial charge in [-0.25, -0.2) is 8.42 Å². The third-order valence-corrected chi connectivity index (χ3v) is 7.74. The maximum atomic E-state index is 12.5. The standard InChI is InChI=1S/C23H30N4O4S/c1-16-21-10-9-19(14-22(21)26-25-16)31-12-11-24-15-23(28)17-5-4-6-18(13-17)27-32(29,30)20-7-2-3-8-20/h4-6,9-10,13-14,20,23-24,27-28H,2-3,7-8,11-12,15H2,1H3,(H,25,26)/t23-/m0/s1. The molecular weight excluding hydrogens is 428 g/mol. The summed E-state index contributed by atoms with van der Waals surface area (Å²) in [5, 5.41) is 21.6. The van der Waals surface area contributed by atoms with E-state index in [0.717, 1.165) is 35.2 Å². The molecule has 0 unspecified atom stereocenters. The molecule has 1 saturated carbocycles. The Labute approximate surface area is 188 Å². The molecule has 0 bridgehead atoms. The average Bonchev–Trinajstić information content (AvgIpc) is 3.44. The van der Waals surface area contributed by atoms with Crippen molar-refractivity contribution in [2.24, 2.45) is 0 Å². The van der Waals surface area contributed by atoms with Gasteiger partial charge in [0.2, 0.25) is 10.0 Å². The first-order chi connectivity index (χ1) is 15.4. The van der Waals surface area contributed by atoms with Crippen LogP contribution in [0.5, 0.6) is 5.75 Å².